The van der Waals surface area contributed by atoms with Crippen LogP contribution in [0.2, 0.25) is 0 Å². The van der Waals surface area contributed by atoms with Gasteiger partial charge in [0.25, 0.3) is 0 Å². The molecular formula is C12H8F6N2O2. The van der Waals surface area contributed by atoms with Gasteiger partial charge in [-0.25, -0.2) is 0 Å². The fourth-order valence-electron chi connectivity index (χ4n) is 1.95. The van der Waals surface area contributed by atoms with E-state index in [2.05, 4.69) is 5.32 Å². The first-order chi connectivity index (χ1) is 10.1. The first-order valence-corrected chi connectivity index (χ1v) is 5.74. The smallest absolute Gasteiger partial charge is 0.432 e. The van der Waals surface area contributed by atoms with Gasteiger partial charge in [0.15, 0.2) is 12.5 Å². The van der Waals surface area contributed by atoms with Gasteiger partial charge < -0.3 is 15.3 Å². The highest BCUT2D eigenvalue weighted by Gasteiger charge is 2.45. The Morgan fingerprint density at radius 3 is 2.27 bits per heavy atom. The molecule has 4 nitrogen and oxygen atoms in total. The number of alkyl halides is 6. The minimum Gasteiger partial charge on any atom is -0.506 e. The van der Waals surface area contributed by atoms with Crippen molar-refractivity contribution in [2.75, 3.05) is 4.90 Å². The van der Waals surface area contributed by atoms with Gasteiger partial charge >= 0.3 is 12.4 Å². The quantitative estimate of drug-likeness (QED) is 0.648. The summed E-state index contributed by atoms with van der Waals surface area (Å²) in [7, 11) is 0. The number of hydrogen-bond acceptors (Lipinski definition) is 4. The average molecular weight is 326 g/mol. The normalized spacial score (nSPS) is 18.9. The zero-order valence-electron chi connectivity index (χ0n) is 10.5. The van der Waals surface area contributed by atoms with E-state index in [1.54, 1.807) is 0 Å². The van der Waals surface area contributed by atoms with Crippen LogP contribution in [0, 0.1) is 0 Å². The summed E-state index contributed by atoms with van der Waals surface area (Å²) < 4.78 is 76.7. The first kappa shape index (κ1) is 16.0. The van der Waals surface area contributed by atoms with Crippen LogP contribution in [0.5, 0.6) is 5.75 Å². The number of nitrogens with one attached hydrogen (secondary N) is 1. The molecule has 2 rings (SSSR count). The fourth-order valence-corrected chi connectivity index (χ4v) is 1.95. The lowest BCUT2D eigenvalue weighted by molar-refractivity contribution is -0.137. The summed E-state index contributed by atoms with van der Waals surface area (Å²) in [5, 5.41) is 11.7. The lowest BCUT2D eigenvalue weighted by atomic mass is 10.1. The number of nitrogens with zero attached hydrogens (tertiary/aromatic N) is 1. The molecule has 1 heterocycles. The van der Waals surface area contributed by atoms with Crippen molar-refractivity contribution in [3.8, 4) is 5.75 Å². The summed E-state index contributed by atoms with van der Waals surface area (Å²) in [6, 6.07) is 1.49. The molecule has 0 fully saturated rings. The molecule has 2 N–H and O–H groups in total. The van der Waals surface area contributed by atoms with E-state index in [1.807, 2.05) is 0 Å². The highest BCUT2D eigenvalue weighted by Crippen LogP contribution is 2.42. The van der Waals surface area contributed by atoms with E-state index in [-0.39, 0.29) is 11.2 Å². The Hall–Kier alpha value is -2.39. The zero-order valence-corrected chi connectivity index (χ0v) is 10.5. The van der Waals surface area contributed by atoms with Crippen LogP contribution in [0.1, 0.15) is 5.56 Å². The molecular weight excluding hydrogens is 318 g/mol. The largest absolute Gasteiger partial charge is 0.506 e. The predicted octanol–water partition coefficient (Wildman–Crippen LogP) is 2.75. The van der Waals surface area contributed by atoms with E-state index in [4.69, 9.17) is 0 Å². The Bertz CT molecular complexity index is 623. The molecule has 1 aromatic rings. The molecule has 120 valence electrons. The van der Waals surface area contributed by atoms with Crippen molar-refractivity contribution in [3.05, 3.63) is 35.7 Å². The van der Waals surface area contributed by atoms with Gasteiger partial charge in [-0.15, -0.1) is 0 Å². The molecule has 1 aliphatic heterocycles. The van der Waals surface area contributed by atoms with Crippen LogP contribution < -0.4 is 10.2 Å². The molecule has 0 saturated carbocycles. The summed E-state index contributed by atoms with van der Waals surface area (Å²) >= 11 is 0. The maximum Gasteiger partial charge on any atom is 0.432 e. The number of hydrogen-bond donors (Lipinski definition) is 2. The highest BCUT2D eigenvalue weighted by atomic mass is 19.4. The summed E-state index contributed by atoms with van der Waals surface area (Å²) in [6.07, 6.45) is -10.8. The Morgan fingerprint density at radius 2 is 1.77 bits per heavy atom. The van der Waals surface area contributed by atoms with E-state index < -0.39 is 41.2 Å². The topological polar surface area (TPSA) is 52.6 Å². The number of allylic oxidation sites excluding steroid dienone is 1. The Labute approximate surface area is 119 Å². The second-order valence-corrected chi connectivity index (χ2v) is 4.35. The lowest BCUT2D eigenvalue weighted by Crippen LogP contribution is -2.41. The summed E-state index contributed by atoms with van der Waals surface area (Å²) in [5.41, 5.74) is -3.42. The molecule has 0 amide bonds. The number of phenols is 1. The van der Waals surface area contributed by atoms with Crippen molar-refractivity contribution < 1.29 is 36.2 Å². The number of carbonyl (C=O) groups is 1. The average Bonchev–Trinajstić information content (AvgIpc) is 2.81. The van der Waals surface area contributed by atoms with E-state index in [0.717, 1.165) is 0 Å². The molecule has 0 aliphatic carbocycles. The molecule has 1 atom stereocenters. The second kappa shape index (κ2) is 5.11. The number of aldehydes is 1. The number of carbonyl (C=O) groups excluding carboxylic acids is 1. The van der Waals surface area contributed by atoms with E-state index >= 15 is 0 Å². The van der Waals surface area contributed by atoms with Crippen molar-refractivity contribution in [1.29, 1.82) is 0 Å². The predicted molar refractivity (Wildman–Crippen MR) is 62.7 cm³/mol. The standard InChI is InChI=1S/C12H8F6N2O2/c13-11(14,15)6-1-2-8(22)7(3-6)20-9(12(16,17)18)4-19-10(20)5-21/h1-5,10,19,22H. The van der Waals surface area contributed by atoms with Crippen molar-refractivity contribution in [1.82, 2.24) is 5.32 Å². The first-order valence-electron chi connectivity index (χ1n) is 5.74. The van der Waals surface area contributed by atoms with E-state index in [0.29, 0.717) is 24.4 Å². The van der Waals surface area contributed by atoms with Gasteiger partial charge in [0.2, 0.25) is 0 Å². The SMILES string of the molecule is O=CC1NC=C(C(F)(F)F)N1c1cc(C(F)(F)F)ccc1O. The molecule has 0 aromatic heterocycles. The highest BCUT2D eigenvalue weighted by molar-refractivity contribution is 5.74. The summed E-state index contributed by atoms with van der Waals surface area (Å²) in [6.45, 7) is 0. The zero-order chi connectivity index (χ0) is 16.7. The van der Waals surface area contributed by atoms with Crippen LogP contribution >= 0.6 is 0 Å². The van der Waals surface area contributed by atoms with Gasteiger partial charge in [-0.2, -0.15) is 26.3 Å². The molecule has 1 aliphatic rings. The number of rotatable bonds is 2. The Morgan fingerprint density at radius 1 is 1.14 bits per heavy atom. The third-order valence-electron chi connectivity index (χ3n) is 2.91. The number of phenolic OH excluding ortho intramolecular Hbond substituents is 1. The molecule has 0 bridgehead atoms. The monoisotopic (exact) mass is 326 g/mol. The summed E-state index contributed by atoms with van der Waals surface area (Å²) in [4.78, 5) is 11.1. The number of anilines is 1. The van der Waals surface area contributed by atoms with Crippen molar-refractivity contribution in [2.45, 2.75) is 18.5 Å². The molecule has 0 saturated heterocycles. The van der Waals surface area contributed by atoms with Crippen molar-refractivity contribution in [3.63, 3.8) is 0 Å². The van der Waals surface area contributed by atoms with Crippen molar-refractivity contribution in [2.24, 2.45) is 0 Å². The van der Waals surface area contributed by atoms with Crippen LogP contribution in [0.4, 0.5) is 32.0 Å². The Balaban J connectivity index is 2.56. The van der Waals surface area contributed by atoms with Gasteiger partial charge in [0, 0.05) is 6.20 Å². The van der Waals surface area contributed by atoms with Crippen LogP contribution in [0.25, 0.3) is 0 Å². The van der Waals surface area contributed by atoms with Gasteiger partial charge in [0.1, 0.15) is 11.4 Å². The second-order valence-electron chi connectivity index (χ2n) is 4.35. The van der Waals surface area contributed by atoms with E-state index in [9.17, 15) is 36.2 Å². The van der Waals surface area contributed by atoms with Crippen LogP contribution in [0.3, 0.4) is 0 Å². The van der Waals surface area contributed by atoms with Crippen molar-refractivity contribution >= 4 is 12.0 Å². The molecule has 22 heavy (non-hydrogen) atoms. The third-order valence-corrected chi connectivity index (χ3v) is 2.91. The molecule has 1 unspecified atom stereocenters. The van der Waals surface area contributed by atoms with Gasteiger partial charge in [-0.3, -0.25) is 4.79 Å². The molecule has 0 spiro atoms. The number of benzene rings is 1. The van der Waals surface area contributed by atoms with Crippen LogP contribution in [-0.2, 0) is 11.0 Å². The van der Waals surface area contributed by atoms with Gasteiger partial charge in [0.05, 0.1) is 11.3 Å². The number of aromatic hydroxyl groups is 1. The molecule has 0 radical (unpaired) electrons. The summed E-state index contributed by atoms with van der Waals surface area (Å²) in [5.74, 6) is -0.821. The maximum absolute atomic E-state index is 12.9. The van der Waals surface area contributed by atoms with Crippen LogP contribution in [0.15, 0.2) is 30.1 Å². The minimum absolute atomic E-state index is 0.0783. The molecule has 10 heteroatoms. The van der Waals surface area contributed by atoms with Gasteiger partial charge in [-0.05, 0) is 18.2 Å². The minimum atomic E-state index is -4.93. The van der Waals surface area contributed by atoms with E-state index in [1.165, 1.54) is 0 Å². The van der Waals surface area contributed by atoms with Crippen LogP contribution in [-0.4, -0.2) is 23.7 Å². The fraction of sp³-hybridized carbons (Fsp3) is 0.250. The Kier molecular flexibility index (Phi) is 3.71. The maximum atomic E-state index is 12.9. The number of halogens is 6. The van der Waals surface area contributed by atoms with Gasteiger partial charge in [-0.1, -0.05) is 0 Å². The molecule has 1 aromatic carbocycles. The third kappa shape index (κ3) is 2.81. The lowest BCUT2D eigenvalue weighted by Gasteiger charge is -2.28.